The highest BCUT2D eigenvalue weighted by atomic mass is 16.5. The van der Waals surface area contributed by atoms with Crippen molar-refractivity contribution >= 4 is 16.8 Å². The number of hydrogen-bond acceptors (Lipinski definition) is 5. The molecule has 0 aliphatic rings. The maximum Gasteiger partial charge on any atom is 0.257 e. The summed E-state index contributed by atoms with van der Waals surface area (Å²) >= 11 is 0. The minimum absolute atomic E-state index is 0.139. The van der Waals surface area contributed by atoms with Crippen molar-refractivity contribution in [2.24, 2.45) is 0 Å². The Morgan fingerprint density at radius 2 is 1.85 bits per heavy atom. The molecule has 0 bridgehead atoms. The van der Waals surface area contributed by atoms with Gasteiger partial charge in [-0.15, -0.1) is 0 Å². The fraction of sp³-hybridized carbons (Fsp3) is 0.250. The van der Waals surface area contributed by atoms with Crippen LogP contribution in [0.3, 0.4) is 0 Å². The van der Waals surface area contributed by atoms with E-state index in [-0.39, 0.29) is 12.5 Å². The molecule has 6 nitrogen and oxygen atoms in total. The second-order valence-electron chi connectivity index (χ2n) is 6.07. The van der Waals surface area contributed by atoms with Gasteiger partial charge in [0, 0.05) is 25.2 Å². The fourth-order valence-electron chi connectivity index (χ4n) is 2.73. The van der Waals surface area contributed by atoms with Gasteiger partial charge in [-0.05, 0) is 25.1 Å². The Kier molecular flexibility index (Phi) is 5.02. The highest BCUT2D eigenvalue weighted by molar-refractivity contribution is 5.97. The second-order valence-corrected chi connectivity index (χ2v) is 6.07. The van der Waals surface area contributed by atoms with E-state index in [1.165, 1.54) is 4.90 Å². The molecule has 0 spiro atoms. The zero-order valence-electron chi connectivity index (χ0n) is 15.3. The number of nitrogens with zero attached hydrogens (tertiary/aromatic N) is 3. The zero-order valence-corrected chi connectivity index (χ0v) is 15.3. The summed E-state index contributed by atoms with van der Waals surface area (Å²) in [6.45, 7) is 2.08. The third kappa shape index (κ3) is 3.44. The number of aromatic nitrogens is 2. The number of carbonyl (C=O) groups excluding carboxylic acids is 1. The van der Waals surface area contributed by atoms with Crippen LogP contribution in [0.4, 0.5) is 0 Å². The minimum Gasteiger partial charge on any atom is -0.493 e. The van der Waals surface area contributed by atoms with E-state index in [1.54, 1.807) is 39.4 Å². The van der Waals surface area contributed by atoms with Crippen LogP contribution in [0, 0.1) is 6.92 Å². The van der Waals surface area contributed by atoms with Crippen molar-refractivity contribution in [2.45, 2.75) is 13.5 Å². The molecular weight excluding hydrogens is 330 g/mol. The molecule has 6 heteroatoms. The van der Waals surface area contributed by atoms with Gasteiger partial charge in [-0.1, -0.05) is 24.3 Å². The van der Waals surface area contributed by atoms with Crippen LogP contribution < -0.4 is 9.47 Å². The number of methoxy groups -OCH3 is 1. The summed E-state index contributed by atoms with van der Waals surface area (Å²) in [5.74, 6) is 1.28. The molecule has 0 aliphatic heterocycles. The number of fused-ring (bicyclic) bond motifs is 1. The second kappa shape index (κ2) is 7.39. The SMILES string of the molecule is COc1cccc(C(=O)N(C)C)c1OCc1nc(C)c2ccccc2n1. The Labute approximate surface area is 152 Å². The Bertz CT molecular complexity index is 954. The van der Waals surface area contributed by atoms with E-state index < -0.39 is 0 Å². The first-order valence-electron chi connectivity index (χ1n) is 8.25. The van der Waals surface area contributed by atoms with E-state index in [2.05, 4.69) is 9.97 Å². The predicted octanol–water partition coefficient (Wildman–Crippen LogP) is 3.23. The Morgan fingerprint density at radius 1 is 1.08 bits per heavy atom. The lowest BCUT2D eigenvalue weighted by Crippen LogP contribution is -2.22. The first-order valence-corrected chi connectivity index (χ1v) is 8.25. The molecule has 0 atom stereocenters. The first-order chi connectivity index (χ1) is 12.5. The molecule has 1 amide bonds. The topological polar surface area (TPSA) is 64.5 Å². The van der Waals surface area contributed by atoms with Crippen molar-refractivity contribution in [3.05, 3.63) is 59.5 Å². The zero-order chi connectivity index (χ0) is 18.7. The van der Waals surface area contributed by atoms with Gasteiger partial charge in [-0.2, -0.15) is 0 Å². The highest BCUT2D eigenvalue weighted by Gasteiger charge is 2.19. The van der Waals surface area contributed by atoms with Crippen molar-refractivity contribution in [3.63, 3.8) is 0 Å². The van der Waals surface area contributed by atoms with Gasteiger partial charge in [0.25, 0.3) is 5.91 Å². The molecule has 3 rings (SSSR count). The molecule has 1 aromatic heterocycles. The highest BCUT2D eigenvalue weighted by Crippen LogP contribution is 2.32. The summed E-state index contributed by atoms with van der Waals surface area (Å²) < 4.78 is 11.3. The van der Waals surface area contributed by atoms with E-state index in [1.807, 2.05) is 31.2 Å². The molecule has 0 fully saturated rings. The number of para-hydroxylation sites is 2. The lowest BCUT2D eigenvalue weighted by atomic mass is 10.1. The maximum atomic E-state index is 12.4. The molecule has 134 valence electrons. The monoisotopic (exact) mass is 351 g/mol. The number of rotatable bonds is 5. The quantitative estimate of drug-likeness (QED) is 0.706. The number of aryl methyl sites for hydroxylation is 1. The third-order valence-corrected chi connectivity index (χ3v) is 4.02. The summed E-state index contributed by atoms with van der Waals surface area (Å²) in [4.78, 5) is 23.0. The van der Waals surface area contributed by atoms with Crippen LogP contribution >= 0.6 is 0 Å². The van der Waals surface area contributed by atoms with Crippen molar-refractivity contribution in [1.82, 2.24) is 14.9 Å². The molecule has 3 aromatic rings. The van der Waals surface area contributed by atoms with Gasteiger partial charge in [0.2, 0.25) is 0 Å². The minimum atomic E-state index is -0.158. The van der Waals surface area contributed by atoms with Crippen molar-refractivity contribution < 1.29 is 14.3 Å². The normalized spacial score (nSPS) is 10.6. The summed E-state index contributed by atoms with van der Waals surface area (Å²) in [5, 5.41) is 1.01. The summed E-state index contributed by atoms with van der Waals surface area (Å²) in [6, 6.07) is 13.1. The van der Waals surface area contributed by atoms with E-state index in [0.29, 0.717) is 22.9 Å². The summed E-state index contributed by atoms with van der Waals surface area (Å²) in [7, 11) is 4.94. The Balaban J connectivity index is 1.93. The lowest BCUT2D eigenvalue weighted by molar-refractivity contribution is 0.0821. The standard InChI is InChI=1S/C20H21N3O3/c1-13-14-8-5-6-10-16(14)22-18(21-13)12-26-19-15(20(24)23(2)3)9-7-11-17(19)25-4/h5-11H,12H2,1-4H3. The third-order valence-electron chi connectivity index (χ3n) is 4.02. The molecule has 1 heterocycles. The number of hydrogen-bond donors (Lipinski definition) is 0. The summed E-state index contributed by atoms with van der Waals surface area (Å²) in [6.07, 6.45) is 0. The van der Waals surface area contributed by atoms with Gasteiger partial charge >= 0.3 is 0 Å². The van der Waals surface area contributed by atoms with Crippen LogP contribution in [0.15, 0.2) is 42.5 Å². The number of carbonyl (C=O) groups is 1. The van der Waals surface area contributed by atoms with E-state index >= 15 is 0 Å². The van der Waals surface area contributed by atoms with Crippen LogP contribution in [0.25, 0.3) is 10.9 Å². The molecule has 0 N–H and O–H groups in total. The van der Waals surface area contributed by atoms with Crippen molar-refractivity contribution in [1.29, 1.82) is 0 Å². The smallest absolute Gasteiger partial charge is 0.257 e. The van der Waals surface area contributed by atoms with Crippen molar-refractivity contribution in [2.75, 3.05) is 21.2 Å². The molecule has 2 aromatic carbocycles. The van der Waals surface area contributed by atoms with Crippen LogP contribution in [-0.2, 0) is 6.61 Å². The molecule has 26 heavy (non-hydrogen) atoms. The first kappa shape index (κ1) is 17.7. The van der Waals surface area contributed by atoms with E-state index in [4.69, 9.17) is 9.47 Å². The van der Waals surface area contributed by atoms with Gasteiger partial charge in [0.15, 0.2) is 17.3 Å². The average Bonchev–Trinajstić information content (AvgIpc) is 2.65. The Morgan fingerprint density at radius 3 is 2.58 bits per heavy atom. The number of benzene rings is 2. The molecule has 0 aliphatic carbocycles. The van der Waals surface area contributed by atoms with Gasteiger partial charge in [0.05, 0.1) is 18.2 Å². The number of ether oxygens (including phenoxy) is 2. The van der Waals surface area contributed by atoms with E-state index in [0.717, 1.165) is 16.6 Å². The molecular formula is C20H21N3O3. The van der Waals surface area contributed by atoms with Gasteiger partial charge in [0.1, 0.15) is 6.61 Å². The van der Waals surface area contributed by atoms with Crippen LogP contribution in [-0.4, -0.2) is 42.0 Å². The maximum absolute atomic E-state index is 12.4. The molecule has 0 unspecified atom stereocenters. The van der Waals surface area contributed by atoms with E-state index in [9.17, 15) is 4.79 Å². The number of amides is 1. The molecule has 0 saturated carbocycles. The van der Waals surface area contributed by atoms with Gasteiger partial charge in [-0.25, -0.2) is 9.97 Å². The lowest BCUT2D eigenvalue weighted by Gasteiger charge is -2.17. The van der Waals surface area contributed by atoms with Crippen LogP contribution in [0.2, 0.25) is 0 Å². The Hall–Kier alpha value is -3.15. The fourth-order valence-corrected chi connectivity index (χ4v) is 2.73. The largest absolute Gasteiger partial charge is 0.493 e. The summed E-state index contributed by atoms with van der Waals surface area (Å²) in [5.41, 5.74) is 2.19. The molecule has 0 radical (unpaired) electrons. The van der Waals surface area contributed by atoms with Crippen LogP contribution in [0.1, 0.15) is 21.9 Å². The van der Waals surface area contributed by atoms with Crippen molar-refractivity contribution in [3.8, 4) is 11.5 Å². The van der Waals surface area contributed by atoms with Crippen LogP contribution in [0.5, 0.6) is 11.5 Å². The predicted molar refractivity (Wildman–Crippen MR) is 99.6 cm³/mol. The van der Waals surface area contributed by atoms with Gasteiger partial charge < -0.3 is 14.4 Å². The van der Waals surface area contributed by atoms with Gasteiger partial charge in [-0.3, -0.25) is 4.79 Å². The average molecular weight is 351 g/mol. The molecule has 0 saturated heterocycles.